The van der Waals surface area contributed by atoms with Crippen LogP contribution in [0.15, 0.2) is 54.1 Å². The lowest BCUT2D eigenvalue weighted by Gasteiger charge is -2.19. The van der Waals surface area contributed by atoms with Crippen molar-refractivity contribution in [3.8, 4) is 11.8 Å². The summed E-state index contributed by atoms with van der Waals surface area (Å²) in [4.78, 5) is 24.8. The highest BCUT2D eigenvalue weighted by Crippen LogP contribution is 2.50. The molecule has 6 heteroatoms. The van der Waals surface area contributed by atoms with Gasteiger partial charge in [0.1, 0.15) is 0 Å². The zero-order valence-electron chi connectivity index (χ0n) is 22.8. The van der Waals surface area contributed by atoms with Crippen LogP contribution in [0.1, 0.15) is 77.4 Å². The number of unbranched alkanes of at least 4 members (excludes halogenated alkanes) is 1. The number of carbonyl (C=O) groups is 2. The first kappa shape index (κ1) is 29.7. The molecule has 0 bridgehead atoms. The number of aliphatic hydroxyl groups is 2. The normalized spacial score (nSPS) is 25.9. The molecule has 0 aliphatic heterocycles. The Hall–Kier alpha value is -2.88. The number of fused-ring (bicyclic) bond motifs is 1. The van der Waals surface area contributed by atoms with Crippen molar-refractivity contribution in [3.05, 3.63) is 59.7 Å². The molecule has 2 N–H and O–H groups in total. The maximum absolute atomic E-state index is 12.5. The molecular weight excluding hydrogens is 480 g/mol. The van der Waals surface area contributed by atoms with Gasteiger partial charge in [-0.1, -0.05) is 61.1 Å². The van der Waals surface area contributed by atoms with E-state index in [0.29, 0.717) is 30.2 Å². The van der Waals surface area contributed by atoms with Crippen LogP contribution < -0.4 is 0 Å². The molecule has 38 heavy (non-hydrogen) atoms. The summed E-state index contributed by atoms with van der Waals surface area (Å²) in [6, 6.07) is 8.92. The van der Waals surface area contributed by atoms with Crippen molar-refractivity contribution in [1.82, 2.24) is 0 Å². The molecule has 1 aromatic carbocycles. The number of rotatable bonds is 12. The molecule has 2 saturated carbocycles. The fraction of sp³-hybridized carbons (Fsp3) is 0.562. The minimum absolute atomic E-state index is 0.0535. The minimum atomic E-state index is -1.05. The maximum Gasteiger partial charge on any atom is 0.352 e. The Morgan fingerprint density at radius 1 is 1.21 bits per heavy atom. The van der Waals surface area contributed by atoms with Gasteiger partial charge in [-0.05, 0) is 63.7 Å². The molecule has 0 amide bonds. The summed E-state index contributed by atoms with van der Waals surface area (Å²) in [5, 5.41) is 21.1. The van der Waals surface area contributed by atoms with Crippen LogP contribution >= 0.6 is 0 Å². The van der Waals surface area contributed by atoms with Crippen LogP contribution in [0.3, 0.4) is 0 Å². The summed E-state index contributed by atoms with van der Waals surface area (Å²) in [7, 11) is 0. The summed E-state index contributed by atoms with van der Waals surface area (Å²) in [6.45, 7) is 5.73. The molecule has 206 valence electrons. The molecule has 2 aliphatic rings. The molecule has 0 heterocycles. The van der Waals surface area contributed by atoms with Crippen LogP contribution in [0.2, 0.25) is 0 Å². The van der Waals surface area contributed by atoms with E-state index in [1.165, 1.54) is 5.57 Å². The molecule has 0 aromatic heterocycles. The number of allylic oxidation sites excluding steroid dienone is 2. The van der Waals surface area contributed by atoms with E-state index < -0.39 is 24.1 Å². The van der Waals surface area contributed by atoms with Gasteiger partial charge in [0.15, 0.2) is 0 Å². The molecule has 1 unspecified atom stereocenters. The van der Waals surface area contributed by atoms with Crippen molar-refractivity contribution >= 4 is 11.9 Å². The van der Waals surface area contributed by atoms with Crippen molar-refractivity contribution in [2.75, 3.05) is 6.61 Å². The quantitative estimate of drug-likeness (QED) is 0.167. The van der Waals surface area contributed by atoms with Crippen LogP contribution in [0.4, 0.5) is 0 Å². The van der Waals surface area contributed by atoms with Crippen LogP contribution in [-0.2, 0) is 19.1 Å². The average molecular weight is 523 g/mol. The Morgan fingerprint density at radius 2 is 1.97 bits per heavy atom. The smallest absolute Gasteiger partial charge is 0.352 e. The van der Waals surface area contributed by atoms with E-state index in [-0.39, 0.29) is 31.0 Å². The Bertz CT molecular complexity index is 1030. The van der Waals surface area contributed by atoms with Crippen molar-refractivity contribution in [3.63, 3.8) is 0 Å². The highest BCUT2D eigenvalue weighted by atomic mass is 16.6. The first-order chi connectivity index (χ1) is 18.3. The summed E-state index contributed by atoms with van der Waals surface area (Å²) >= 11 is 0. The average Bonchev–Trinajstić information content (AvgIpc) is 3.43. The van der Waals surface area contributed by atoms with E-state index in [0.717, 1.165) is 25.7 Å². The highest BCUT2D eigenvalue weighted by molar-refractivity contribution is 5.80. The van der Waals surface area contributed by atoms with Gasteiger partial charge in [-0.2, -0.15) is 0 Å². The first-order valence-corrected chi connectivity index (χ1v) is 13.9. The van der Waals surface area contributed by atoms with Crippen molar-refractivity contribution in [2.45, 2.75) is 84.0 Å². The molecule has 1 aromatic rings. The number of benzene rings is 1. The molecular formula is C32H42O6. The van der Waals surface area contributed by atoms with Gasteiger partial charge < -0.3 is 19.7 Å². The number of hydrogen-bond donors (Lipinski definition) is 2. The molecule has 3 rings (SSSR count). The minimum Gasteiger partial charge on any atom is -0.463 e. The summed E-state index contributed by atoms with van der Waals surface area (Å²) < 4.78 is 10.6. The number of esters is 2. The Morgan fingerprint density at radius 3 is 2.68 bits per heavy atom. The SMILES string of the molecule is CC#CCC(C)[C@H](O)/C=C/[C@@H]1[C@H]2C/C(=C/CCCC(=O)O[C@H](C(=O)OCC)c3ccccc3)C[C@H]2C[C@H]1O. The molecule has 0 spiro atoms. The largest absolute Gasteiger partial charge is 0.463 e. The first-order valence-electron chi connectivity index (χ1n) is 13.9. The van der Waals surface area contributed by atoms with E-state index in [2.05, 4.69) is 17.9 Å². The standard InChI is InChI=1S/C32H42O6/c1-4-6-12-22(3)28(33)18-17-26-27-20-23(19-25(27)21-29(26)34)13-10-11-16-30(35)38-31(32(36)37-5-2)24-14-8-7-9-15-24/h7-9,13-15,17-18,22,25-29,31,33-34H,5,10-12,16,19-21H2,1-3H3/b18-17+,23-13+/t22?,25-,26+,27-,28+,29+,31-/m0/s1. The summed E-state index contributed by atoms with van der Waals surface area (Å²) in [5.74, 6) is 5.85. The lowest BCUT2D eigenvalue weighted by Crippen LogP contribution is -2.22. The fourth-order valence-electron chi connectivity index (χ4n) is 5.60. The zero-order valence-corrected chi connectivity index (χ0v) is 22.8. The number of hydrogen-bond acceptors (Lipinski definition) is 6. The van der Waals surface area contributed by atoms with Gasteiger partial charge in [0.25, 0.3) is 0 Å². The van der Waals surface area contributed by atoms with E-state index in [1.54, 1.807) is 38.1 Å². The van der Waals surface area contributed by atoms with Crippen LogP contribution in [0.5, 0.6) is 0 Å². The Balaban J connectivity index is 1.47. The third-order valence-electron chi connectivity index (χ3n) is 7.70. The molecule has 7 atom stereocenters. The second-order valence-corrected chi connectivity index (χ2v) is 10.5. The predicted octanol–water partition coefficient (Wildman–Crippen LogP) is 5.30. The van der Waals surface area contributed by atoms with E-state index in [4.69, 9.17) is 9.47 Å². The van der Waals surface area contributed by atoms with E-state index in [9.17, 15) is 19.8 Å². The van der Waals surface area contributed by atoms with Gasteiger partial charge in [-0.3, -0.25) is 4.79 Å². The lowest BCUT2D eigenvalue weighted by molar-refractivity contribution is -0.168. The maximum atomic E-state index is 12.5. The van der Waals surface area contributed by atoms with Gasteiger partial charge in [0.05, 0.1) is 18.8 Å². The van der Waals surface area contributed by atoms with Crippen molar-refractivity contribution in [1.29, 1.82) is 0 Å². The molecule has 2 aliphatic carbocycles. The number of aliphatic hydroxyl groups excluding tert-OH is 2. The topological polar surface area (TPSA) is 93.1 Å². The predicted molar refractivity (Wildman–Crippen MR) is 147 cm³/mol. The van der Waals surface area contributed by atoms with Crippen molar-refractivity contribution < 1.29 is 29.3 Å². The fourth-order valence-corrected chi connectivity index (χ4v) is 5.60. The molecule has 0 saturated heterocycles. The third kappa shape index (κ3) is 8.31. The monoisotopic (exact) mass is 522 g/mol. The van der Waals surface area contributed by atoms with E-state index in [1.807, 2.05) is 25.1 Å². The van der Waals surface area contributed by atoms with E-state index >= 15 is 0 Å². The van der Waals surface area contributed by atoms with Crippen molar-refractivity contribution in [2.24, 2.45) is 23.7 Å². The van der Waals surface area contributed by atoms with Crippen LogP contribution in [0, 0.1) is 35.5 Å². The highest BCUT2D eigenvalue weighted by Gasteiger charge is 2.45. The van der Waals surface area contributed by atoms with Gasteiger partial charge in [0, 0.05) is 24.3 Å². The van der Waals surface area contributed by atoms with Gasteiger partial charge in [-0.15, -0.1) is 11.8 Å². The molecule has 0 radical (unpaired) electrons. The Kier molecular flexibility index (Phi) is 11.6. The molecule has 6 nitrogen and oxygen atoms in total. The summed E-state index contributed by atoms with van der Waals surface area (Å²) in [5.41, 5.74) is 1.97. The molecule has 2 fully saturated rings. The third-order valence-corrected chi connectivity index (χ3v) is 7.70. The van der Waals surface area contributed by atoms with Crippen LogP contribution in [-0.4, -0.2) is 41.0 Å². The van der Waals surface area contributed by atoms with Gasteiger partial charge in [-0.25, -0.2) is 4.79 Å². The summed E-state index contributed by atoms with van der Waals surface area (Å²) in [6.07, 6.45) is 9.06. The second-order valence-electron chi connectivity index (χ2n) is 10.5. The Labute approximate surface area is 227 Å². The lowest BCUT2D eigenvalue weighted by atomic mass is 9.89. The van der Waals surface area contributed by atoms with Gasteiger partial charge in [0.2, 0.25) is 6.10 Å². The second kappa shape index (κ2) is 14.9. The van der Waals surface area contributed by atoms with Crippen LogP contribution in [0.25, 0.3) is 0 Å². The van der Waals surface area contributed by atoms with Gasteiger partial charge >= 0.3 is 11.9 Å². The number of ether oxygens (including phenoxy) is 2. The zero-order chi connectivity index (χ0) is 27.5. The number of carbonyl (C=O) groups excluding carboxylic acids is 2.